The Morgan fingerprint density at radius 3 is 2.41 bits per heavy atom. The Balaban J connectivity index is 1.86. The largest absolute Gasteiger partial charge is 0.507 e. The molecule has 3 aromatic rings. The maximum Gasteiger partial charge on any atom is 0.162 e. The smallest absolute Gasteiger partial charge is 0.162 e. The van der Waals surface area contributed by atoms with Gasteiger partial charge in [0.05, 0.1) is 17.2 Å². The zero-order valence-corrected chi connectivity index (χ0v) is 20.4. The summed E-state index contributed by atoms with van der Waals surface area (Å²) in [5, 5.41) is 23.0. The Kier molecular flexibility index (Phi) is 5.53. The van der Waals surface area contributed by atoms with E-state index in [1.165, 1.54) is 0 Å². The second-order valence-corrected chi connectivity index (χ2v) is 10.8. The van der Waals surface area contributed by atoms with Crippen LogP contribution in [0.25, 0.3) is 5.76 Å². The van der Waals surface area contributed by atoms with Gasteiger partial charge in [-0.3, -0.25) is 15.1 Å². The number of para-hydroxylation sites is 1. The summed E-state index contributed by atoms with van der Waals surface area (Å²) in [5.74, 6) is -0.106. The lowest BCUT2D eigenvalue weighted by Gasteiger charge is -2.45. The number of Topliss-reactive ketones (excluding diaryl/α,β-unsaturated/α-hetero) is 1. The van der Waals surface area contributed by atoms with E-state index in [0.29, 0.717) is 29.6 Å². The molecule has 2 N–H and O–H groups in total. The van der Waals surface area contributed by atoms with Gasteiger partial charge in [-0.05, 0) is 41.8 Å². The van der Waals surface area contributed by atoms with E-state index in [9.17, 15) is 15.3 Å². The molecule has 0 spiro atoms. The first kappa shape index (κ1) is 22.4. The number of ketones is 1. The average molecular weight is 469 g/mol. The van der Waals surface area contributed by atoms with Crippen LogP contribution in [-0.2, 0) is 4.79 Å². The van der Waals surface area contributed by atoms with Gasteiger partial charge < -0.3 is 5.11 Å². The van der Waals surface area contributed by atoms with Crippen LogP contribution in [0, 0.1) is 17.7 Å². The number of rotatable bonds is 3. The normalized spacial score (nSPS) is 21.5. The van der Waals surface area contributed by atoms with E-state index in [1.807, 2.05) is 83.9 Å². The second-order valence-electron chi connectivity index (χ2n) is 9.85. The summed E-state index contributed by atoms with van der Waals surface area (Å²) in [6.07, 6.45) is 1.13. The fourth-order valence-corrected chi connectivity index (χ4v) is 6.03. The number of allylic oxidation sites excluding steroid dienone is 2. The molecule has 4 nitrogen and oxygen atoms in total. The molecule has 0 radical (unpaired) electrons. The molecule has 172 valence electrons. The summed E-state index contributed by atoms with van der Waals surface area (Å²) in [4.78, 5) is 16.6. The van der Waals surface area contributed by atoms with Gasteiger partial charge in [0, 0.05) is 28.1 Å². The number of amidine groups is 1. The molecule has 0 bridgehead atoms. The van der Waals surface area contributed by atoms with Gasteiger partial charge in [0.15, 0.2) is 5.78 Å². The highest BCUT2D eigenvalue weighted by molar-refractivity contribution is 7.10. The number of carbonyl (C=O) groups excluding carboxylic acids is 1. The van der Waals surface area contributed by atoms with Gasteiger partial charge >= 0.3 is 0 Å². The van der Waals surface area contributed by atoms with Crippen molar-refractivity contribution in [2.75, 3.05) is 4.90 Å². The topological polar surface area (TPSA) is 64.4 Å². The molecule has 1 unspecified atom stereocenters. The first-order valence-corrected chi connectivity index (χ1v) is 12.4. The highest BCUT2D eigenvalue weighted by atomic mass is 32.1. The lowest BCUT2D eigenvalue weighted by atomic mass is 9.68. The highest BCUT2D eigenvalue weighted by Crippen LogP contribution is 2.52. The summed E-state index contributed by atoms with van der Waals surface area (Å²) < 4.78 is 0. The van der Waals surface area contributed by atoms with Gasteiger partial charge in [-0.1, -0.05) is 68.4 Å². The molecule has 1 aliphatic carbocycles. The number of benzene rings is 2. The minimum atomic E-state index is -0.466. The molecule has 2 aliphatic rings. The Morgan fingerprint density at radius 2 is 1.74 bits per heavy atom. The van der Waals surface area contributed by atoms with E-state index in [0.717, 1.165) is 21.8 Å². The molecule has 2 heterocycles. The number of nitrogens with one attached hydrogen (secondary N) is 1. The number of anilines is 1. The fourth-order valence-electron chi connectivity index (χ4n) is 5.19. The van der Waals surface area contributed by atoms with E-state index in [4.69, 9.17) is 0 Å². The molecule has 5 rings (SSSR count). The van der Waals surface area contributed by atoms with Crippen LogP contribution in [0.15, 0.2) is 89.0 Å². The van der Waals surface area contributed by atoms with Gasteiger partial charge in [0.25, 0.3) is 0 Å². The molecule has 1 aromatic heterocycles. The molecule has 34 heavy (non-hydrogen) atoms. The lowest BCUT2D eigenvalue weighted by Crippen LogP contribution is -2.45. The Morgan fingerprint density at radius 1 is 1.03 bits per heavy atom. The molecular formula is C29H28N2O2S. The van der Waals surface area contributed by atoms with E-state index in [2.05, 4.69) is 13.8 Å². The van der Waals surface area contributed by atoms with E-state index >= 15 is 0 Å². The third-order valence-corrected chi connectivity index (χ3v) is 7.65. The average Bonchev–Trinajstić information content (AvgIpc) is 3.33. The molecule has 0 amide bonds. The predicted octanol–water partition coefficient (Wildman–Crippen LogP) is 7.25. The number of carbonyl (C=O) groups is 1. The number of hydrogen-bond acceptors (Lipinski definition) is 4. The van der Waals surface area contributed by atoms with Crippen molar-refractivity contribution < 1.29 is 9.90 Å². The van der Waals surface area contributed by atoms with Crippen LogP contribution in [0.5, 0.6) is 0 Å². The number of nitrogens with zero attached hydrogens (tertiary/aromatic N) is 1. The zero-order chi connectivity index (χ0) is 24.0. The first-order chi connectivity index (χ1) is 16.3. The predicted molar refractivity (Wildman–Crippen MR) is 139 cm³/mol. The molecule has 5 heteroatoms. The monoisotopic (exact) mass is 468 g/mol. The SMILES string of the molecule is Cc1ccccc1N1C(=N)/C(=C(/O)c2ccccc2)C(c2cccs2)C2=C1CC(C)(C)CC2=O. The molecule has 0 saturated carbocycles. The Bertz CT molecular complexity index is 1330. The van der Waals surface area contributed by atoms with Crippen LogP contribution < -0.4 is 4.90 Å². The van der Waals surface area contributed by atoms with Crippen LogP contribution in [-0.4, -0.2) is 16.7 Å². The van der Waals surface area contributed by atoms with Gasteiger partial charge in [-0.15, -0.1) is 11.3 Å². The summed E-state index contributed by atoms with van der Waals surface area (Å²) in [6, 6.07) is 21.2. The third kappa shape index (κ3) is 3.70. The van der Waals surface area contributed by atoms with Gasteiger partial charge in [0.1, 0.15) is 11.6 Å². The van der Waals surface area contributed by atoms with Crippen molar-refractivity contribution in [3.8, 4) is 0 Å². The van der Waals surface area contributed by atoms with Gasteiger partial charge in [0.2, 0.25) is 0 Å². The molecule has 0 saturated heterocycles. The Labute approximate surface area is 204 Å². The van der Waals surface area contributed by atoms with Crippen molar-refractivity contribution in [1.82, 2.24) is 0 Å². The van der Waals surface area contributed by atoms with E-state index < -0.39 is 5.92 Å². The van der Waals surface area contributed by atoms with Gasteiger partial charge in [-0.25, -0.2) is 0 Å². The number of aliphatic hydroxyl groups excluding tert-OH is 1. The summed E-state index contributed by atoms with van der Waals surface area (Å²) in [5.41, 5.74) is 4.38. The van der Waals surface area contributed by atoms with Crippen LogP contribution >= 0.6 is 11.3 Å². The van der Waals surface area contributed by atoms with Crippen LogP contribution in [0.1, 0.15) is 48.6 Å². The summed E-state index contributed by atoms with van der Waals surface area (Å²) in [7, 11) is 0. The fraction of sp³-hybridized carbons (Fsp3) is 0.241. The van der Waals surface area contributed by atoms with E-state index in [1.54, 1.807) is 11.3 Å². The number of thiophene rings is 1. The molecule has 1 aliphatic heterocycles. The quantitative estimate of drug-likeness (QED) is 0.398. The Hall–Kier alpha value is -3.44. The molecule has 0 fully saturated rings. The lowest BCUT2D eigenvalue weighted by molar-refractivity contribution is -0.118. The van der Waals surface area contributed by atoms with Crippen molar-refractivity contribution in [2.45, 2.75) is 39.5 Å². The number of hydrogen-bond donors (Lipinski definition) is 2. The minimum Gasteiger partial charge on any atom is -0.507 e. The van der Waals surface area contributed by atoms with Crippen molar-refractivity contribution in [3.05, 3.63) is 105 Å². The summed E-state index contributed by atoms with van der Waals surface area (Å²) >= 11 is 1.56. The second kappa shape index (κ2) is 8.41. The first-order valence-electron chi connectivity index (χ1n) is 11.5. The molecular weight excluding hydrogens is 440 g/mol. The maximum atomic E-state index is 13.8. The van der Waals surface area contributed by atoms with Gasteiger partial charge in [-0.2, -0.15) is 0 Å². The molecule has 2 aromatic carbocycles. The van der Waals surface area contributed by atoms with Crippen molar-refractivity contribution in [2.24, 2.45) is 5.41 Å². The minimum absolute atomic E-state index is 0.0479. The van der Waals surface area contributed by atoms with Crippen LogP contribution in [0.2, 0.25) is 0 Å². The van der Waals surface area contributed by atoms with E-state index in [-0.39, 0.29) is 22.8 Å². The van der Waals surface area contributed by atoms with Crippen molar-refractivity contribution >= 4 is 34.4 Å². The van der Waals surface area contributed by atoms with Crippen molar-refractivity contribution in [3.63, 3.8) is 0 Å². The zero-order valence-electron chi connectivity index (χ0n) is 19.6. The number of aryl methyl sites for hydroxylation is 1. The third-order valence-electron chi connectivity index (χ3n) is 6.71. The number of aliphatic hydroxyl groups is 1. The summed E-state index contributed by atoms with van der Waals surface area (Å²) in [6.45, 7) is 6.24. The molecule has 1 atom stereocenters. The highest BCUT2D eigenvalue weighted by Gasteiger charge is 2.47. The standard InChI is InChI=1S/C29H28N2O2S/c1-18-10-7-8-13-20(18)31-21-16-29(2,3)17-22(32)24(21)25(23-14-9-15-34-23)26(28(31)30)27(33)19-11-5-4-6-12-19/h4-15,25,30,33H,16-17H2,1-3H3/b27-26+,30-28?. The van der Waals surface area contributed by atoms with Crippen LogP contribution in [0.4, 0.5) is 5.69 Å². The van der Waals surface area contributed by atoms with Crippen molar-refractivity contribution in [1.29, 1.82) is 5.41 Å². The maximum absolute atomic E-state index is 13.8. The van der Waals surface area contributed by atoms with Crippen LogP contribution in [0.3, 0.4) is 0 Å².